The molecule has 0 aliphatic carbocycles. The lowest BCUT2D eigenvalue weighted by Gasteiger charge is -2.16. The van der Waals surface area contributed by atoms with Crippen LogP contribution in [-0.4, -0.2) is 39.3 Å². The fourth-order valence-corrected chi connectivity index (χ4v) is 3.52. The van der Waals surface area contributed by atoms with E-state index in [2.05, 4.69) is 9.46 Å². The number of carbonyl (C=O) groups excluding carboxylic acids is 1. The number of methoxy groups -OCH3 is 1. The van der Waals surface area contributed by atoms with Gasteiger partial charge in [-0.05, 0) is 11.6 Å². The molecule has 122 valence electrons. The molecular weight excluding hydrogens is 318 g/mol. The summed E-state index contributed by atoms with van der Waals surface area (Å²) < 4.78 is 31.8. The van der Waals surface area contributed by atoms with Crippen LogP contribution in [0.3, 0.4) is 0 Å². The van der Waals surface area contributed by atoms with Crippen LogP contribution in [0.5, 0.6) is 0 Å². The number of benzene rings is 2. The maximum absolute atomic E-state index is 12.6. The van der Waals surface area contributed by atoms with E-state index in [1.165, 1.54) is 6.07 Å². The van der Waals surface area contributed by atoms with Crippen LogP contribution in [0, 0.1) is 0 Å². The van der Waals surface area contributed by atoms with Gasteiger partial charge in [-0.15, -0.1) is 0 Å². The summed E-state index contributed by atoms with van der Waals surface area (Å²) in [5, 5.41) is 9.20. The molecule has 23 heavy (non-hydrogen) atoms. The monoisotopic (exact) mass is 335 g/mol. The predicted molar refractivity (Wildman–Crippen MR) is 85.1 cm³/mol. The van der Waals surface area contributed by atoms with Crippen molar-refractivity contribution in [1.29, 1.82) is 0 Å². The van der Waals surface area contributed by atoms with E-state index >= 15 is 0 Å². The molecule has 0 fully saturated rings. The molecule has 2 N–H and O–H groups in total. The molecule has 0 amide bonds. The molecule has 0 saturated heterocycles. The van der Waals surface area contributed by atoms with E-state index in [9.17, 15) is 18.3 Å². The van der Waals surface area contributed by atoms with Crippen LogP contribution in [-0.2, 0) is 19.6 Å². The highest BCUT2D eigenvalue weighted by Crippen LogP contribution is 2.27. The molecule has 0 aliphatic heterocycles. The molecule has 2 aromatic rings. The van der Waals surface area contributed by atoms with Crippen LogP contribution in [0.1, 0.15) is 0 Å². The minimum Gasteiger partial charge on any atom is -0.468 e. The van der Waals surface area contributed by atoms with E-state index in [4.69, 9.17) is 0 Å². The van der Waals surface area contributed by atoms with E-state index in [0.29, 0.717) is 5.56 Å². The second-order valence-corrected chi connectivity index (χ2v) is 6.42. The van der Waals surface area contributed by atoms with E-state index in [0.717, 1.165) is 12.7 Å². The molecule has 0 spiro atoms. The average molecular weight is 335 g/mol. The van der Waals surface area contributed by atoms with Gasteiger partial charge in [0.1, 0.15) is 6.04 Å². The van der Waals surface area contributed by atoms with Crippen molar-refractivity contribution in [2.24, 2.45) is 0 Å². The highest BCUT2D eigenvalue weighted by atomic mass is 32.2. The Bertz CT molecular complexity index is 774. The van der Waals surface area contributed by atoms with E-state index < -0.39 is 28.6 Å². The number of carbonyl (C=O) groups is 1. The summed E-state index contributed by atoms with van der Waals surface area (Å²) in [5.74, 6) is -0.853. The minimum absolute atomic E-state index is 0.0218. The van der Waals surface area contributed by atoms with Crippen molar-refractivity contribution in [1.82, 2.24) is 4.72 Å². The SMILES string of the molecule is COC(=O)[C@@H](CO)NS(=O)(=O)c1ccccc1-c1ccccc1. The zero-order valence-corrected chi connectivity index (χ0v) is 13.3. The van der Waals surface area contributed by atoms with Crippen molar-refractivity contribution in [3.8, 4) is 11.1 Å². The smallest absolute Gasteiger partial charge is 0.326 e. The third kappa shape index (κ3) is 3.95. The van der Waals surface area contributed by atoms with Crippen molar-refractivity contribution in [3.05, 3.63) is 54.6 Å². The number of rotatable bonds is 6. The van der Waals surface area contributed by atoms with Crippen molar-refractivity contribution < 1.29 is 23.1 Å². The highest BCUT2D eigenvalue weighted by Gasteiger charge is 2.27. The van der Waals surface area contributed by atoms with E-state index in [1.807, 2.05) is 6.07 Å². The molecule has 0 aromatic heterocycles. The molecule has 6 nitrogen and oxygen atoms in total. The minimum atomic E-state index is -4.02. The first kappa shape index (κ1) is 17.1. The second-order valence-electron chi connectivity index (χ2n) is 4.74. The molecule has 2 rings (SSSR count). The summed E-state index contributed by atoms with van der Waals surface area (Å²) in [4.78, 5) is 11.5. The third-order valence-electron chi connectivity index (χ3n) is 3.23. The Hall–Kier alpha value is -2.22. The van der Waals surface area contributed by atoms with Crippen molar-refractivity contribution in [2.75, 3.05) is 13.7 Å². The van der Waals surface area contributed by atoms with Crippen LogP contribution >= 0.6 is 0 Å². The Balaban J connectivity index is 2.43. The molecule has 0 bridgehead atoms. The van der Waals surface area contributed by atoms with Crippen molar-refractivity contribution >= 4 is 16.0 Å². The number of esters is 1. The molecule has 2 aromatic carbocycles. The van der Waals surface area contributed by atoms with E-state index in [-0.39, 0.29) is 4.90 Å². The second kappa shape index (κ2) is 7.36. The van der Waals surface area contributed by atoms with Crippen molar-refractivity contribution in [2.45, 2.75) is 10.9 Å². The van der Waals surface area contributed by atoms with Gasteiger partial charge in [-0.2, -0.15) is 4.72 Å². The zero-order valence-electron chi connectivity index (χ0n) is 12.5. The number of sulfonamides is 1. The average Bonchev–Trinajstić information content (AvgIpc) is 2.59. The number of nitrogens with one attached hydrogen (secondary N) is 1. The summed E-state index contributed by atoms with van der Waals surface area (Å²) >= 11 is 0. The molecule has 7 heteroatoms. The van der Waals surface area contributed by atoms with Crippen LogP contribution in [0.2, 0.25) is 0 Å². The lowest BCUT2D eigenvalue weighted by atomic mass is 10.1. The van der Waals surface area contributed by atoms with Crippen LogP contribution in [0.4, 0.5) is 0 Å². The summed E-state index contributed by atoms with van der Waals surface area (Å²) in [5.41, 5.74) is 1.23. The topological polar surface area (TPSA) is 92.7 Å². The van der Waals surface area contributed by atoms with Gasteiger partial charge in [0.25, 0.3) is 0 Å². The first-order valence-electron chi connectivity index (χ1n) is 6.85. The van der Waals surface area contributed by atoms with Gasteiger partial charge in [-0.1, -0.05) is 48.5 Å². The summed E-state index contributed by atoms with van der Waals surface area (Å²) in [6, 6.07) is 14.1. The van der Waals surface area contributed by atoms with Crippen LogP contribution in [0.25, 0.3) is 11.1 Å². The fraction of sp³-hybridized carbons (Fsp3) is 0.188. The van der Waals surface area contributed by atoms with Gasteiger partial charge in [-0.25, -0.2) is 8.42 Å². The summed E-state index contributed by atoms with van der Waals surface area (Å²) in [6.07, 6.45) is 0. The van der Waals surface area contributed by atoms with Gasteiger partial charge < -0.3 is 9.84 Å². The van der Waals surface area contributed by atoms with Gasteiger partial charge in [0, 0.05) is 5.56 Å². The Morgan fingerprint density at radius 1 is 1.13 bits per heavy atom. The number of hydrogen-bond donors (Lipinski definition) is 2. The Morgan fingerprint density at radius 3 is 2.35 bits per heavy atom. The maximum atomic E-state index is 12.6. The molecule has 0 heterocycles. The first-order valence-corrected chi connectivity index (χ1v) is 8.33. The lowest BCUT2D eigenvalue weighted by molar-refractivity contribution is -0.143. The van der Waals surface area contributed by atoms with Crippen LogP contribution in [0.15, 0.2) is 59.5 Å². The molecular formula is C16H17NO5S. The van der Waals surface area contributed by atoms with Gasteiger partial charge in [0.15, 0.2) is 0 Å². The number of aliphatic hydroxyl groups is 1. The van der Waals surface area contributed by atoms with Gasteiger partial charge in [-0.3, -0.25) is 4.79 Å². The Morgan fingerprint density at radius 2 is 1.74 bits per heavy atom. The van der Waals surface area contributed by atoms with Crippen molar-refractivity contribution in [3.63, 3.8) is 0 Å². The van der Waals surface area contributed by atoms with Crippen LogP contribution < -0.4 is 4.72 Å². The maximum Gasteiger partial charge on any atom is 0.326 e. The largest absolute Gasteiger partial charge is 0.468 e. The number of aliphatic hydroxyl groups excluding tert-OH is 1. The first-order chi connectivity index (χ1) is 11.0. The number of ether oxygens (including phenoxy) is 1. The number of hydrogen-bond acceptors (Lipinski definition) is 5. The fourth-order valence-electron chi connectivity index (χ4n) is 2.11. The molecule has 0 radical (unpaired) electrons. The summed E-state index contributed by atoms with van der Waals surface area (Å²) in [6.45, 7) is -0.695. The van der Waals surface area contributed by atoms with E-state index in [1.54, 1.807) is 42.5 Å². The molecule has 0 aliphatic rings. The molecule has 0 unspecified atom stereocenters. The van der Waals surface area contributed by atoms with Gasteiger partial charge in [0.05, 0.1) is 18.6 Å². The highest BCUT2D eigenvalue weighted by molar-refractivity contribution is 7.89. The Kier molecular flexibility index (Phi) is 5.49. The normalized spacial score (nSPS) is 12.6. The Labute approximate surface area is 134 Å². The molecule has 0 saturated carbocycles. The standard InChI is InChI=1S/C16H17NO5S/c1-22-16(19)14(11-18)17-23(20,21)15-10-6-5-9-13(15)12-7-3-2-4-8-12/h2-10,14,17-18H,11H2,1H3/t14-/m1/s1. The quantitative estimate of drug-likeness (QED) is 0.773. The molecule has 1 atom stereocenters. The summed E-state index contributed by atoms with van der Waals surface area (Å²) in [7, 11) is -2.89. The predicted octanol–water partition coefficient (Wildman–Crippen LogP) is 1.17. The zero-order chi connectivity index (χ0) is 16.9. The van der Waals surface area contributed by atoms with Gasteiger partial charge in [0.2, 0.25) is 10.0 Å². The lowest BCUT2D eigenvalue weighted by Crippen LogP contribution is -2.44. The van der Waals surface area contributed by atoms with Gasteiger partial charge >= 0.3 is 5.97 Å². The third-order valence-corrected chi connectivity index (χ3v) is 4.76.